The first-order chi connectivity index (χ1) is 66.5. The summed E-state index contributed by atoms with van der Waals surface area (Å²) in [5.74, 6) is 0. The van der Waals surface area contributed by atoms with E-state index in [9.17, 15) is 0 Å². The third kappa shape index (κ3) is 12.1. The molecule has 0 amide bonds. The average Bonchev–Trinajstić information content (AvgIpc) is 1.57. The summed E-state index contributed by atoms with van der Waals surface area (Å²) in [6, 6.07) is 174. The van der Waals surface area contributed by atoms with Crippen molar-refractivity contribution in [1.82, 2.24) is 18.3 Å². The molecule has 0 saturated heterocycles. The normalized spacial score (nSPS) is 11.9. The van der Waals surface area contributed by atoms with Crippen molar-refractivity contribution in [1.29, 1.82) is 0 Å². The van der Waals surface area contributed by atoms with Gasteiger partial charge in [0, 0.05) is 104 Å². The van der Waals surface area contributed by atoms with Gasteiger partial charge in [0.2, 0.25) is 0 Å². The highest BCUT2D eigenvalue weighted by molar-refractivity contribution is 6.32. The molecule has 30 aromatic rings. The first-order valence-corrected chi connectivity index (χ1v) is 46.0. The van der Waals surface area contributed by atoms with Crippen molar-refractivity contribution in [2.75, 3.05) is 0 Å². The summed E-state index contributed by atoms with van der Waals surface area (Å²) >= 11 is 0. The molecule has 0 radical (unpaired) electrons. The Balaban J connectivity index is 0.0000000925. The molecule has 0 bridgehead atoms. The highest BCUT2D eigenvalue weighted by atomic mass is 16.3. The van der Waals surface area contributed by atoms with E-state index in [1.165, 1.54) is 196 Å². The number of benzene rings is 24. The van der Waals surface area contributed by atoms with Gasteiger partial charge in [0.05, 0.1) is 44.1 Å². The fourth-order valence-electron chi connectivity index (χ4n) is 22.1. The highest BCUT2D eigenvalue weighted by Gasteiger charge is 2.25. The van der Waals surface area contributed by atoms with E-state index in [1.807, 2.05) is 24.3 Å². The number of furan rings is 2. The number of aromatic nitrogens is 4. The van der Waals surface area contributed by atoms with Crippen molar-refractivity contribution < 1.29 is 8.83 Å². The second kappa shape index (κ2) is 31.0. The van der Waals surface area contributed by atoms with Crippen LogP contribution in [0.15, 0.2) is 494 Å². The monoisotopic (exact) mass is 1700 g/mol. The zero-order valence-electron chi connectivity index (χ0n) is 72.8. The van der Waals surface area contributed by atoms with Gasteiger partial charge in [-0.2, -0.15) is 0 Å². The molecule has 0 saturated carbocycles. The third-order valence-corrected chi connectivity index (χ3v) is 27.8. The molecule has 0 N–H and O–H groups in total. The van der Waals surface area contributed by atoms with Crippen molar-refractivity contribution in [2.45, 2.75) is 0 Å². The second-order valence-electron chi connectivity index (χ2n) is 35.1. The fraction of sp³-hybridized carbons (Fsp3) is 0. The Morgan fingerprint density at radius 1 is 0.142 bits per heavy atom. The maximum Gasteiger partial charge on any atom is 0.143 e. The van der Waals surface area contributed by atoms with Crippen LogP contribution in [0.3, 0.4) is 0 Å². The minimum absolute atomic E-state index is 0.916. The van der Waals surface area contributed by atoms with Gasteiger partial charge < -0.3 is 27.1 Å². The van der Waals surface area contributed by atoms with Gasteiger partial charge in [0.1, 0.15) is 22.3 Å². The van der Waals surface area contributed by atoms with E-state index in [1.54, 1.807) is 0 Å². The fourth-order valence-corrected chi connectivity index (χ4v) is 22.1. The predicted octanol–water partition coefficient (Wildman–Crippen LogP) is 35.5. The number of hydrogen-bond donors (Lipinski definition) is 0. The highest BCUT2D eigenvalue weighted by Crippen LogP contribution is 2.48. The Morgan fingerprint density at radius 2 is 0.418 bits per heavy atom. The van der Waals surface area contributed by atoms with Gasteiger partial charge in [-0.1, -0.05) is 382 Å². The Labute approximate surface area is 769 Å². The van der Waals surface area contributed by atoms with E-state index in [4.69, 9.17) is 8.83 Å². The number of rotatable bonds is 6. The zero-order valence-corrected chi connectivity index (χ0v) is 72.8. The maximum absolute atomic E-state index is 6.40. The van der Waals surface area contributed by atoms with Crippen molar-refractivity contribution in [3.05, 3.63) is 485 Å². The van der Waals surface area contributed by atoms with E-state index in [2.05, 4.69) is 479 Å². The van der Waals surface area contributed by atoms with Crippen molar-refractivity contribution in [2.24, 2.45) is 0 Å². The first kappa shape index (κ1) is 76.2. The van der Waals surface area contributed by atoms with Gasteiger partial charge in [-0.3, -0.25) is 0 Å². The van der Waals surface area contributed by atoms with Gasteiger partial charge in [-0.15, -0.1) is 0 Å². The summed E-state index contributed by atoms with van der Waals surface area (Å²) in [5, 5.41) is 35.6. The number of para-hydroxylation sites is 5. The standard InChI is InChI=1S/2C38H23NO.2C26H17N/c1-3-13-28-24(9-1)19-21-33-36(28)37-29-14-4-2-10-25(29)20-22-34(37)39(33)27-12-7-11-26(23-27)30-16-8-17-32-31-15-5-6-18-35(31)40-38(30)32;1-3-13-28-24(9-1)19-21-32-37(28)38-29-14-4-2-10-25(29)20-22-33(38)39(32)27-12-7-11-26(23-27)30-16-8-18-35-36(30)31-15-5-6-17-34(31)40-35;2*1-2-10-20(11-3-1)27-24-17-15-18-8-4-6-12-21(18)25(24)23-16-14-19-9-5-7-13-22(19)26(23)27/h2*1-23H;2*1-17H. The molecule has 6 heterocycles. The SMILES string of the molecule is c1cc(-c2cccc3c2oc2ccccc23)cc(-n2c3ccc4ccccc4c3c3c4ccccc4ccc32)c1.c1cc(-c2cccc3oc4ccccc4c23)cc(-n2c3ccc4ccccc4c3c3c4ccccc4ccc32)c1.c1ccc(-n2c3ccc4ccccc4c3c3ccc4ccccc4c32)cc1.c1ccc(-n2c3ccc4ccccc4c3c3ccc4ccccc4c32)cc1. The molecule has 0 unspecified atom stereocenters. The Hall–Kier alpha value is -17.8. The maximum atomic E-state index is 6.40. The summed E-state index contributed by atoms with van der Waals surface area (Å²) in [4.78, 5) is 0. The Morgan fingerprint density at radius 3 is 0.828 bits per heavy atom. The van der Waals surface area contributed by atoms with Crippen LogP contribution < -0.4 is 0 Å². The lowest BCUT2D eigenvalue weighted by atomic mass is 9.99. The van der Waals surface area contributed by atoms with Crippen LogP contribution in [-0.2, 0) is 0 Å². The summed E-state index contributed by atoms with van der Waals surface area (Å²) in [7, 11) is 0. The third-order valence-electron chi connectivity index (χ3n) is 27.8. The summed E-state index contributed by atoms with van der Waals surface area (Å²) in [6.07, 6.45) is 0. The smallest absolute Gasteiger partial charge is 0.143 e. The molecular formula is C128H80N4O2. The molecule has 0 spiro atoms. The Bertz CT molecular complexity index is 9640. The van der Waals surface area contributed by atoms with Gasteiger partial charge >= 0.3 is 0 Å². The van der Waals surface area contributed by atoms with E-state index in [-0.39, 0.29) is 0 Å². The Kier molecular flexibility index (Phi) is 17.6. The van der Waals surface area contributed by atoms with Crippen molar-refractivity contribution in [3.63, 3.8) is 0 Å². The molecule has 624 valence electrons. The molecule has 6 heteroatoms. The zero-order chi connectivity index (χ0) is 88.0. The first-order valence-electron chi connectivity index (χ1n) is 46.0. The molecular weight excluding hydrogens is 1630 g/mol. The summed E-state index contributed by atoms with van der Waals surface area (Å²) in [5.41, 5.74) is 22.9. The van der Waals surface area contributed by atoms with Gasteiger partial charge in [0.15, 0.2) is 0 Å². The molecule has 0 aliphatic heterocycles. The molecule has 134 heavy (non-hydrogen) atoms. The van der Waals surface area contributed by atoms with Gasteiger partial charge in [-0.05, 0) is 195 Å². The lowest BCUT2D eigenvalue weighted by Crippen LogP contribution is -1.94. The average molecular weight is 1710 g/mol. The van der Waals surface area contributed by atoms with E-state index < -0.39 is 0 Å². The van der Waals surface area contributed by atoms with Crippen LogP contribution in [0, 0.1) is 0 Å². The van der Waals surface area contributed by atoms with Crippen LogP contribution in [-0.4, -0.2) is 18.3 Å². The van der Waals surface area contributed by atoms with Crippen LogP contribution >= 0.6 is 0 Å². The van der Waals surface area contributed by atoms with Crippen LogP contribution in [0.4, 0.5) is 0 Å². The van der Waals surface area contributed by atoms with Crippen molar-refractivity contribution >= 4 is 217 Å². The molecule has 0 aliphatic carbocycles. The predicted molar refractivity (Wildman–Crippen MR) is 569 cm³/mol. The number of hydrogen-bond acceptors (Lipinski definition) is 2. The minimum atomic E-state index is 0.916. The molecule has 30 rings (SSSR count). The van der Waals surface area contributed by atoms with Gasteiger partial charge in [0.25, 0.3) is 0 Å². The van der Waals surface area contributed by atoms with Crippen LogP contribution in [0.25, 0.3) is 262 Å². The van der Waals surface area contributed by atoms with E-state index in [0.717, 1.165) is 66.4 Å². The van der Waals surface area contributed by atoms with Crippen LogP contribution in [0.2, 0.25) is 0 Å². The van der Waals surface area contributed by atoms with E-state index in [0.29, 0.717) is 0 Å². The molecule has 24 aromatic carbocycles. The largest absolute Gasteiger partial charge is 0.456 e. The molecule has 0 atom stereocenters. The lowest BCUT2D eigenvalue weighted by molar-refractivity contribution is 0.669. The summed E-state index contributed by atoms with van der Waals surface area (Å²) < 4.78 is 22.3. The number of nitrogens with zero attached hydrogens (tertiary/aromatic N) is 4. The molecule has 0 aliphatic rings. The van der Waals surface area contributed by atoms with Crippen molar-refractivity contribution in [3.8, 4) is 45.0 Å². The quantitative estimate of drug-likeness (QED) is 0.167. The number of fused-ring (bicyclic) bond motifs is 34. The minimum Gasteiger partial charge on any atom is -0.456 e. The molecule has 0 fully saturated rings. The van der Waals surface area contributed by atoms with Gasteiger partial charge in [-0.25, -0.2) is 0 Å². The topological polar surface area (TPSA) is 46.0 Å². The molecule has 6 nitrogen and oxygen atoms in total. The van der Waals surface area contributed by atoms with Crippen LogP contribution in [0.5, 0.6) is 0 Å². The van der Waals surface area contributed by atoms with Crippen LogP contribution in [0.1, 0.15) is 0 Å². The van der Waals surface area contributed by atoms with E-state index >= 15 is 0 Å². The second-order valence-corrected chi connectivity index (χ2v) is 35.1. The lowest BCUT2D eigenvalue weighted by Gasteiger charge is -2.11. The summed E-state index contributed by atoms with van der Waals surface area (Å²) in [6.45, 7) is 0. The molecule has 6 aromatic heterocycles.